The maximum atomic E-state index is 12.4. The molecule has 2 aromatic heterocycles. The molecule has 1 saturated heterocycles. The zero-order valence-electron chi connectivity index (χ0n) is 14.7. The molecular weight excluding hydrogens is 380 g/mol. The van der Waals surface area contributed by atoms with Gasteiger partial charge in [0.2, 0.25) is 11.8 Å². The molecule has 2 N–H and O–H groups in total. The van der Waals surface area contributed by atoms with Crippen molar-refractivity contribution < 1.29 is 9.59 Å². The highest BCUT2D eigenvalue weighted by atomic mass is 32.1. The first-order valence-corrected chi connectivity index (χ1v) is 10.5. The number of rotatable bonds is 7. The molecule has 27 heavy (non-hydrogen) atoms. The highest BCUT2D eigenvalue weighted by Gasteiger charge is 2.38. The lowest BCUT2D eigenvalue weighted by atomic mass is 9.87. The van der Waals surface area contributed by atoms with Crippen LogP contribution in [0.3, 0.4) is 0 Å². The maximum Gasteiger partial charge on any atom is 0.220 e. The predicted molar refractivity (Wildman–Crippen MR) is 107 cm³/mol. The Hall–Kier alpha value is -2.32. The monoisotopic (exact) mass is 400 g/mol. The Bertz CT molecular complexity index is 954. The fourth-order valence-corrected chi connectivity index (χ4v) is 4.87. The molecule has 3 aromatic rings. The van der Waals surface area contributed by atoms with Crippen molar-refractivity contribution in [2.24, 2.45) is 0 Å². The minimum atomic E-state index is -0.301. The topological polar surface area (TPSA) is 84.0 Å². The highest BCUT2D eigenvalue weighted by Crippen LogP contribution is 2.31. The van der Waals surface area contributed by atoms with E-state index in [1.807, 2.05) is 29.6 Å². The molecule has 1 fully saturated rings. The van der Waals surface area contributed by atoms with Crippen molar-refractivity contribution >= 4 is 45.9 Å². The second kappa shape index (κ2) is 7.74. The number of amides is 2. The summed E-state index contributed by atoms with van der Waals surface area (Å²) in [4.78, 5) is 25.4. The van der Waals surface area contributed by atoms with E-state index in [1.165, 1.54) is 16.6 Å². The third-order valence-corrected chi connectivity index (χ3v) is 6.40. The molecule has 3 heterocycles. The van der Waals surface area contributed by atoms with Crippen LogP contribution in [0.4, 0.5) is 0 Å². The third kappa shape index (κ3) is 4.33. The van der Waals surface area contributed by atoms with Crippen LogP contribution in [-0.2, 0) is 22.6 Å². The summed E-state index contributed by atoms with van der Waals surface area (Å²) >= 11 is 2.88. The minimum Gasteiger partial charge on any atom is -0.352 e. The number of hydrogen-bond donors (Lipinski definition) is 2. The van der Waals surface area contributed by atoms with Crippen molar-refractivity contribution in [3.63, 3.8) is 0 Å². The van der Waals surface area contributed by atoms with E-state index in [0.29, 0.717) is 25.8 Å². The Labute approximate surface area is 165 Å². The number of carbonyl (C=O) groups excluding carboxylic acids is 2. The lowest BCUT2D eigenvalue weighted by Crippen LogP contribution is -2.44. The molecule has 1 aliphatic heterocycles. The summed E-state index contributed by atoms with van der Waals surface area (Å²) < 4.78 is 8.41. The Morgan fingerprint density at radius 3 is 2.93 bits per heavy atom. The number of benzene rings is 1. The SMILES string of the molecule is O=C(CCC1(Cc2cccs2)CCC(=O)N1)NCc1ccc2nsnc2c1. The molecule has 1 aromatic carbocycles. The van der Waals surface area contributed by atoms with Crippen LogP contribution in [0.15, 0.2) is 35.7 Å². The summed E-state index contributed by atoms with van der Waals surface area (Å²) in [5, 5.41) is 8.14. The van der Waals surface area contributed by atoms with Gasteiger partial charge in [0.1, 0.15) is 11.0 Å². The molecule has 140 valence electrons. The molecule has 0 saturated carbocycles. The van der Waals surface area contributed by atoms with Gasteiger partial charge in [-0.3, -0.25) is 9.59 Å². The Kier molecular flexibility index (Phi) is 5.18. The minimum absolute atomic E-state index is 0.00166. The first-order chi connectivity index (χ1) is 13.1. The van der Waals surface area contributed by atoms with Gasteiger partial charge in [0, 0.05) is 36.2 Å². The molecule has 1 unspecified atom stereocenters. The number of nitrogens with zero attached hydrogens (tertiary/aromatic N) is 2. The number of nitrogens with one attached hydrogen (secondary N) is 2. The van der Waals surface area contributed by atoms with E-state index >= 15 is 0 Å². The van der Waals surface area contributed by atoms with Crippen LogP contribution >= 0.6 is 23.1 Å². The zero-order valence-corrected chi connectivity index (χ0v) is 16.4. The third-order valence-electron chi connectivity index (χ3n) is 4.97. The molecule has 0 spiro atoms. The van der Waals surface area contributed by atoms with E-state index in [9.17, 15) is 9.59 Å². The molecule has 4 rings (SSSR count). The summed E-state index contributed by atoms with van der Waals surface area (Å²) in [7, 11) is 0. The number of thiophene rings is 1. The van der Waals surface area contributed by atoms with E-state index in [0.717, 1.165) is 29.4 Å². The molecular formula is C19H20N4O2S2. The Morgan fingerprint density at radius 1 is 1.26 bits per heavy atom. The summed E-state index contributed by atoms with van der Waals surface area (Å²) in [6.07, 6.45) is 3.15. The van der Waals surface area contributed by atoms with Crippen LogP contribution in [0.25, 0.3) is 11.0 Å². The van der Waals surface area contributed by atoms with Crippen molar-refractivity contribution in [3.05, 3.63) is 46.2 Å². The summed E-state index contributed by atoms with van der Waals surface area (Å²) in [5.74, 6) is 0.0790. The van der Waals surface area contributed by atoms with Gasteiger partial charge in [-0.2, -0.15) is 8.75 Å². The van der Waals surface area contributed by atoms with Crippen LogP contribution in [0.2, 0.25) is 0 Å². The van der Waals surface area contributed by atoms with E-state index in [4.69, 9.17) is 0 Å². The molecule has 0 aliphatic carbocycles. The number of hydrogen-bond acceptors (Lipinski definition) is 6. The average molecular weight is 401 g/mol. The first-order valence-electron chi connectivity index (χ1n) is 8.93. The van der Waals surface area contributed by atoms with Gasteiger partial charge >= 0.3 is 0 Å². The van der Waals surface area contributed by atoms with Crippen LogP contribution in [0, 0.1) is 0 Å². The smallest absolute Gasteiger partial charge is 0.220 e. The Morgan fingerprint density at radius 2 is 2.15 bits per heavy atom. The number of aromatic nitrogens is 2. The van der Waals surface area contributed by atoms with Gasteiger partial charge in [-0.25, -0.2) is 0 Å². The largest absolute Gasteiger partial charge is 0.352 e. The molecule has 1 aliphatic rings. The molecule has 1 atom stereocenters. The van der Waals surface area contributed by atoms with E-state index < -0.39 is 0 Å². The lowest BCUT2D eigenvalue weighted by Gasteiger charge is -2.28. The van der Waals surface area contributed by atoms with Crippen LogP contribution in [-0.4, -0.2) is 26.1 Å². The van der Waals surface area contributed by atoms with Gasteiger partial charge in [0.25, 0.3) is 0 Å². The fourth-order valence-electron chi connectivity index (χ4n) is 3.51. The zero-order chi connectivity index (χ0) is 18.7. The second-order valence-electron chi connectivity index (χ2n) is 6.95. The van der Waals surface area contributed by atoms with E-state index in [1.54, 1.807) is 11.3 Å². The van der Waals surface area contributed by atoms with Crippen molar-refractivity contribution in [3.8, 4) is 0 Å². The summed E-state index contributed by atoms with van der Waals surface area (Å²) in [5.41, 5.74) is 2.44. The standard InChI is InChI=1S/C19H20N4O2S2/c24-17(20-12-13-3-4-15-16(10-13)23-27-22-15)5-7-19(8-6-18(25)21-19)11-14-2-1-9-26-14/h1-4,9-10H,5-8,11-12H2,(H,20,24)(H,21,25). The summed E-state index contributed by atoms with van der Waals surface area (Å²) in [6, 6.07) is 9.94. The highest BCUT2D eigenvalue weighted by molar-refractivity contribution is 7.09. The van der Waals surface area contributed by atoms with Crippen molar-refractivity contribution in [1.82, 2.24) is 19.4 Å². The fraction of sp³-hybridized carbons (Fsp3) is 0.368. The van der Waals surface area contributed by atoms with Crippen molar-refractivity contribution in [1.29, 1.82) is 0 Å². The Balaban J connectivity index is 1.33. The lowest BCUT2D eigenvalue weighted by molar-refractivity contribution is -0.122. The molecule has 6 nitrogen and oxygen atoms in total. The normalized spacial score (nSPS) is 19.3. The van der Waals surface area contributed by atoms with Gasteiger partial charge in [0.15, 0.2) is 0 Å². The predicted octanol–water partition coefficient (Wildman–Crippen LogP) is 3.04. The number of carbonyl (C=O) groups is 2. The molecule has 8 heteroatoms. The van der Waals surface area contributed by atoms with Crippen LogP contribution in [0.5, 0.6) is 0 Å². The van der Waals surface area contributed by atoms with E-state index in [2.05, 4.69) is 25.4 Å². The number of fused-ring (bicyclic) bond motifs is 1. The van der Waals surface area contributed by atoms with E-state index in [-0.39, 0.29) is 17.4 Å². The van der Waals surface area contributed by atoms with Gasteiger partial charge < -0.3 is 10.6 Å². The van der Waals surface area contributed by atoms with Crippen LogP contribution in [0.1, 0.15) is 36.1 Å². The quantitative estimate of drug-likeness (QED) is 0.638. The van der Waals surface area contributed by atoms with Gasteiger partial charge in [0.05, 0.1) is 11.7 Å². The van der Waals surface area contributed by atoms with Crippen molar-refractivity contribution in [2.45, 2.75) is 44.2 Å². The molecule has 0 bridgehead atoms. The van der Waals surface area contributed by atoms with Gasteiger partial charge in [-0.1, -0.05) is 12.1 Å². The first kappa shape index (κ1) is 18.1. The van der Waals surface area contributed by atoms with Crippen molar-refractivity contribution in [2.75, 3.05) is 0 Å². The van der Waals surface area contributed by atoms with Gasteiger partial charge in [-0.05, 0) is 42.0 Å². The molecule has 2 amide bonds. The second-order valence-corrected chi connectivity index (χ2v) is 8.51. The summed E-state index contributed by atoms with van der Waals surface area (Å²) in [6.45, 7) is 0.469. The van der Waals surface area contributed by atoms with Crippen LogP contribution < -0.4 is 10.6 Å². The van der Waals surface area contributed by atoms with Gasteiger partial charge in [-0.15, -0.1) is 11.3 Å². The average Bonchev–Trinajstić information content (AvgIpc) is 3.40. The molecule has 0 radical (unpaired) electrons. The maximum absolute atomic E-state index is 12.4.